The van der Waals surface area contributed by atoms with Crippen LogP contribution in [0.3, 0.4) is 0 Å². The van der Waals surface area contributed by atoms with Gasteiger partial charge in [0.1, 0.15) is 0 Å². The van der Waals surface area contributed by atoms with Gasteiger partial charge in [-0.2, -0.15) is 0 Å². The van der Waals surface area contributed by atoms with Crippen LogP contribution in [0.4, 0.5) is 5.69 Å². The van der Waals surface area contributed by atoms with Crippen LogP contribution in [0.5, 0.6) is 0 Å². The van der Waals surface area contributed by atoms with Gasteiger partial charge in [-0.25, -0.2) is 0 Å². The first-order valence-electron chi connectivity index (χ1n) is 6.10. The van der Waals surface area contributed by atoms with Gasteiger partial charge in [-0.05, 0) is 19.4 Å². The van der Waals surface area contributed by atoms with Crippen LogP contribution >= 0.6 is 15.9 Å². The van der Waals surface area contributed by atoms with Crippen molar-refractivity contribution in [3.63, 3.8) is 0 Å². The maximum atomic E-state index is 12.1. The number of hydrogen-bond acceptors (Lipinski definition) is 4. The topological polar surface area (TPSA) is 81.5 Å². The molecule has 0 aromatic heterocycles. The number of rotatable bonds is 7. The zero-order valence-electron chi connectivity index (χ0n) is 11.4. The third kappa shape index (κ3) is 4.57. The molecule has 0 aliphatic rings. The Hall–Kier alpha value is -1.47. The fourth-order valence-corrected chi connectivity index (χ4v) is 2.30. The lowest BCUT2D eigenvalue weighted by Gasteiger charge is -2.16. The molecule has 1 amide bonds. The van der Waals surface area contributed by atoms with E-state index in [-0.39, 0.29) is 23.2 Å². The number of nitrogens with zero attached hydrogens (tertiary/aromatic N) is 1. The zero-order chi connectivity index (χ0) is 15.1. The van der Waals surface area contributed by atoms with E-state index < -0.39 is 4.92 Å². The molecule has 0 saturated heterocycles. The minimum atomic E-state index is -0.489. The number of halogens is 1. The van der Waals surface area contributed by atoms with Crippen LogP contribution in [0.2, 0.25) is 0 Å². The summed E-state index contributed by atoms with van der Waals surface area (Å²) in [7, 11) is 1.56. The standard InChI is InChI=1S/C13H17BrN2O4/c1-9-3-4-10(7-12(9)16(18)19)13(17)15-11(5-6-14)8-20-2/h3-4,7,11H,5-6,8H2,1-2H3,(H,15,17). The molecule has 1 rings (SSSR count). The van der Waals surface area contributed by atoms with Gasteiger partial charge in [-0.15, -0.1) is 0 Å². The lowest BCUT2D eigenvalue weighted by atomic mass is 10.1. The third-order valence-corrected chi connectivity index (χ3v) is 3.29. The first-order valence-corrected chi connectivity index (χ1v) is 7.22. The second-order valence-corrected chi connectivity index (χ2v) is 5.15. The molecule has 1 unspecified atom stereocenters. The number of alkyl halides is 1. The normalized spacial score (nSPS) is 11.9. The minimum Gasteiger partial charge on any atom is -0.383 e. The van der Waals surface area contributed by atoms with E-state index >= 15 is 0 Å². The van der Waals surface area contributed by atoms with Crippen molar-refractivity contribution < 1.29 is 14.5 Å². The highest BCUT2D eigenvalue weighted by Gasteiger charge is 2.17. The molecule has 0 aliphatic heterocycles. The number of carbonyl (C=O) groups excluding carboxylic acids is 1. The molecule has 1 N–H and O–H groups in total. The number of nitro groups is 1. The Balaban J connectivity index is 2.86. The summed E-state index contributed by atoms with van der Waals surface area (Å²) in [5.74, 6) is -0.337. The SMILES string of the molecule is COCC(CCBr)NC(=O)c1ccc(C)c([N+](=O)[O-])c1. The van der Waals surface area contributed by atoms with Crippen LogP contribution in [0.1, 0.15) is 22.3 Å². The van der Waals surface area contributed by atoms with Gasteiger partial charge in [0.15, 0.2) is 0 Å². The molecular weight excluding hydrogens is 328 g/mol. The van der Waals surface area contributed by atoms with Crippen molar-refractivity contribution in [1.82, 2.24) is 5.32 Å². The highest BCUT2D eigenvalue weighted by atomic mass is 79.9. The Morgan fingerprint density at radius 1 is 1.55 bits per heavy atom. The van der Waals surface area contributed by atoms with Crippen LogP contribution < -0.4 is 5.32 Å². The molecule has 110 valence electrons. The van der Waals surface area contributed by atoms with Crippen molar-refractivity contribution in [2.75, 3.05) is 19.0 Å². The van der Waals surface area contributed by atoms with E-state index in [2.05, 4.69) is 21.2 Å². The fourth-order valence-electron chi connectivity index (χ4n) is 1.75. The van der Waals surface area contributed by atoms with Crippen LogP contribution in [0, 0.1) is 17.0 Å². The lowest BCUT2D eigenvalue weighted by Crippen LogP contribution is -2.38. The average molecular weight is 345 g/mol. The molecule has 6 nitrogen and oxygen atoms in total. The highest BCUT2D eigenvalue weighted by molar-refractivity contribution is 9.09. The fraction of sp³-hybridized carbons (Fsp3) is 0.462. The van der Waals surface area contributed by atoms with Gasteiger partial charge in [0.2, 0.25) is 0 Å². The van der Waals surface area contributed by atoms with Gasteiger partial charge in [0, 0.05) is 29.6 Å². The summed E-state index contributed by atoms with van der Waals surface area (Å²) >= 11 is 3.31. The number of amides is 1. The van der Waals surface area contributed by atoms with Crippen molar-refractivity contribution in [3.8, 4) is 0 Å². The number of nitro benzene ring substituents is 1. The third-order valence-electron chi connectivity index (χ3n) is 2.83. The molecular formula is C13H17BrN2O4. The van der Waals surface area contributed by atoms with Gasteiger partial charge >= 0.3 is 0 Å². The first kappa shape index (κ1) is 16.6. The smallest absolute Gasteiger partial charge is 0.273 e. The van der Waals surface area contributed by atoms with Crippen LogP contribution in [0.15, 0.2) is 18.2 Å². The van der Waals surface area contributed by atoms with Crippen molar-refractivity contribution in [3.05, 3.63) is 39.4 Å². The molecule has 0 fully saturated rings. The summed E-state index contributed by atoms with van der Waals surface area (Å²) in [6.07, 6.45) is 0.716. The summed E-state index contributed by atoms with van der Waals surface area (Å²) < 4.78 is 5.03. The number of ether oxygens (including phenoxy) is 1. The Morgan fingerprint density at radius 3 is 2.80 bits per heavy atom. The van der Waals surface area contributed by atoms with Gasteiger partial charge in [-0.1, -0.05) is 22.0 Å². The summed E-state index contributed by atoms with van der Waals surface area (Å²) in [6.45, 7) is 2.03. The summed E-state index contributed by atoms with van der Waals surface area (Å²) in [5.41, 5.74) is 0.750. The molecule has 0 aliphatic carbocycles. The molecule has 0 spiro atoms. The van der Waals surface area contributed by atoms with Gasteiger partial charge < -0.3 is 10.1 Å². The minimum absolute atomic E-state index is 0.0542. The summed E-state index contributed by atoms with van der Waals surface area (Å²) in [6, 6.07) is 4.31. The predicted octanol–water partition coefficient (Wildman–Crippen LogP) is 2.43. The van der Waals surface area contributed by atoms with E-state index in [9.17, 15) is 14.9 Å². The molecule has 20 heavy (non-hydrogen) atoms. The number of hydrogen-bond donors (Lipinski definition) is 1. The number of carbonyl (C=O) groups is 1. The number of nitrogens with one attached hydrogen (secondary N) is 1. The van der Waals surface area contributed by atoms with E-state index in [1.807, 2.05) is 0 Å². The van der Waals surface area contributed by atoms with Crippen LogP contribution in [-0.4, -0.2) is 35.9 Å². The Bertz CT molecular complexity index is 487. The lowest BCUT2D eigenvalue weighted by molar-refractivity contribution is -0.385. The zero-order valence-corrected chi connectivity index (χ0v) is 13.0. The quantitative estimate of drug-likeness (QED) is 0.468. The molecule has 0 heterocycles. The molecule has 1 aromatic rings. The molecule has 7 heteroatoms. The monoisotopic (exact) mass is 344 g/mol. The number of benzene rings is 1. The van der Waals surface area contributed by atoms with E-state index in [1.165, 1.54) is 6.07 Å². The first-order chi connectivity index (χ1) is 9.49. The summed E-state index contributed by atoms with van der Waals surface area (Å²) in [4.78, 5) is 22.5. The van der Waals surface area contributed by atoms with E-state index in [0.29, 0.717) is 18.6 Å². The van der Waals surface area contributed by atoms with Crippen LogP contribution in [-0.2, 0) is 4.74 Å². The molecule has 1 aromatic carbocycles. The van der Waals surface area contributed by atoms with Gasteiger partial charge in [0.25, 0.3) is 11.6 Å². The highest BCUT2D eigenvalue weighted by Crippen LogP contribution is 2.19. The maximum absolute atomic E-state index is 12.1. The maximum Gasteiger partial charge on any atom is 0.273 e. The second-order valence-electron chi connectivity index (χ2n) is 4.36. The molecule has 0 radical (unpaired) electrons. The van der Waals surface area contributed by atoms with Crippen molar-refractivity contribution in [2.24, 2.45) is 0 Å². The Morgan fingerprint density at radius 2 is 2.25 bits per heavy atom. The van der Waals surface area contributed by atoms with Crippen molar-refractivity contribution in [1.29, 1.82) is 0 Å². The van der Waals surface area contributed by atoms with E-state index in [1.54, 1.807) is 26.2 Å². The van der Waals surface area contributed by atoms with Crippen molar-refractivity contribution >= 4 is 27.5 Å². The molecule has 1 atom stereocenters. The van der Waals surface area contributed by atoms with Gasteiger partial charge in [-0.3, -0.25) is 14.9 Å². The Labute approximate surface area is 125 Å². The van der Waals surface area contributed by atoms with Crippen molar-refractivity contribution in [2.45, 2.75) is 19.4 Å². The van der Waals surface area contributed by atoms with Gasteiger partial charge in [0.05, 0.1) is 17.6 Å². The Kier molecular flexibility index (Phi) is 6.60. The predicted molar refractivity (Wildman–Crippen MR) is 79.4 cm³/mol. The summed E-state index contributed by atoms with van der Waals surface area (Å²) in [5, 5.41) is 14.4. The average Bonchev–Trinajstić information content (AvgIpc) is 2.39. The molecule has 0 saturated carbocycles. The second kappa shape index (κ2) is 7.96. The van der Waals surface area contributed by atoms with Crippen LogP contribution in [0.25, 0.3) is 0 Å². The number of aryl methyl sites for hydroxylation is 1. The van der Waals surface area contributed by atoms with E-state index in [0.717, 1.165) is 5.33 Å². The molecule has 0 bridgehead atoms. The largest absolute Gasteiger partial charge is 0.383 e. The van der Waals surface area contributed by atoms with E-state index in [4.69, 9.17) is 4.74 Å². The number of methoxy groups -OCH3 is 1.